The molecule has 0 saturated heterocycles. The number of ether oxygens (including phenoxy) is 2. The zero-order valence-electron chi connectivity index (χ0n) is 14.6. The third-order valence-corrected chi connectivity index (χ3v) is 3.16. The van der Waals surface area contributed by atoms with Gasteiger partial charge in [-0.1, -0.05) is 18.5 Å². The van der Waals surface area contributed by atoms with Gasteiger partial charge < -0.3 is 20.1 Å². The third-order valence-electron chi connectivity index (χ3n) is 2.87. The van der Waals surface area contributed by atoms with Crippen LogP contribution in [-0.4, -0.2) is 24.7 Å². The molecule has 2 amide bonds. The summed E-state index contributed by atoms with van der Waals surface area (Å²) >= 11 is 5.92. The minimum absolute atomic E-state index is 0.0934. The molecule has 0 fully saturated rings. The number of amides is 2. The summed E-state index contributed by atoms with van der Waals surface area (Å²) in [5, 5.41) is 4.95. The Labute approximate surface area is 151 Å². The van der Waals surface area contributed by atoms with E-state index in [9.17, 15) is 14.0 Å². The molecular formula is C17H22ClFN2O4. The van der Waals surface area contributed by atoms with Gasteiger partial charge in [0.15, 0.2) is 0 Å². The molecule has 6 nitrogen and oxygen atoms in total. The molecule has 0 aromatic heterocycles. The van der Waals surface area contributed by atoms with E-state index in [1.807, 2.05) is 0 Å². The number of rotatable bonds is 7. The van der Waals surface area contributed by atoms with E-state index >= 15 is 0 Å². The van der Waals surface area contributed by atoms with E-state index in [0.29, 0.717) is 12.1 Å². The van der Waals surface area contributed by atoms with E-state index in [0.717, 1.165) is 6.07 Å². The number of halogens is 2. The molecule has 2 N–H and O–H groups in total. The number of anilines is 1. The number of nitrogens with one attached hydrogen (secondary N) is 2. The lowest BCUT2D eigenvalue weighted by Gasteiger charge is -2.15. The molecule has 0 radical (unpaired) electrons. The molecule has 0 unspecified atom stereocenters. The summed E-state index contributed by atoms with van der Waals surface area (Å²) in [6.07, 6.45) is 1.40. The van der Waals surface area contributed by atoms with Crippen molar-refractivity contribution in [2.75, 3.05) is 11.9 Å². The maximum absolute atomic E-state index is 14.0. The van der Waals surface area contributed by atoms with Gasteiger partial charge in [-0.25, -0.2) is 14.0 Å². The summed E-state index contributed by atoms with van der Waals surface area (Å²) in [7, 11) is 0. The zero-order valence-corrected chi connectivity index (χ0v) is 15.4. The molecule has 25 heavy (non-hydrogen) atoms. The fraction of sp³-hybridized carbons (Fsp3) is 0.412. The van der Waals surface area contributed by atoms with E-state index < -0.39 is 17.8 Å². The lowest BCUT2D eigenvalue weighted by molar-refractivity contribution is -0.137. The van der Waals surface area contributed by atoms with Crippen molar-refractivity contribution in [3.05, 3.63) is 34.7 Å². The Morgan fingerprint density at radius 3 is 2.56 bits per heavy atom. The van der Waals surface area contributed by atoms with Crippen LogP contribution in [-0.2, 0) is 9.53 Å². The first kappa shape index (κ1) is 20.8. The topological polar surface area (TPSA) is 76.7 Å². The lowest BCUT2D eigenvalue weighted by atomic mass is 10.2. The van der Waals surface area contributed by atoms with E-state index in [2.05, 4.69) is 10.6 Å². The van der Waals surface area contributed by atoms with Crippen LogP contribution in [0.1, 0.15) is 34.1 Å². The van der Waals surface area contributed by atoms with Gasteiger partial charge in [0.05, 0.1) is 23.4 Å². The monoisotopic (exact) mass is 372 g/mol. The van der Waals surface area contributed by atoms with Crippen molar-refractivity contribution in [1.82, 2.24) is 5.32 Å². The number of carbonyl (C=O) groups is 2. The Kier molecular flexibility index (Phi) is 8.21. The molecule has 1 aromatic rings. The fourth-order valence-corrected chi connectivity index (χ4v) is 2.02. The number of carbonyl (C=O) groups excluding carboxylic acids is 2. The van der Waals surface area contributed by atoms with Crippen molar-refractivity contribution in [1.29, 1.82) is 0 Å². The Bertz CT molecular complexity index is 662. The molecular weight excluding hydrogens is 351 g/mol. The van der Waals surface area contributed by atoms with Gasteiger partial charge in [-0.2, -0.15) is 0 Å². The predicted molar refractivity (Wildman–Crippen MR) is 94.3 cm³/mol. The molecule has 0 spiro atoms. The van der Waals surface area contributed by atoms with E-state index in [1.165, 1.54) is 12.1 Å². The summed E-state index contributed by atoms with van der Waals surface area (Å²) in [4.78, 5) is 23.5. The SMILES string of the molecule is CCOC(=O)C=C(CC)NC(=O)Nc1cc(OC(C)C)c(Cl)cc1F. The van der Waals surface area contributed by atoms with Crippen molar-refractivity contribution in [3.63, 3.8) is 0 Å². The second-order valence-corrected chi connectivity index (χ2v) is 5.69. The van der Waals surface area contributed by atoms with Gasteiger partial charge in [-0.3, -0.25) is 0 Å². The third kappa shape index (κ3) is 7.01. The Balaban J connectivity index is 2.87. The van der Waals surface area contributed by atoms with E-state index in [-0.39, 0.29) is 29.2 Å². The molecule has 0 saturated carbocycles. The summed E-state index contributed by atoms with van der Waals surface area (Å²) in [6.45, 7) is 7.26. The standard InChI is InChI=1S/C17H22ClFN2O4/c1-5-11(7-16(22)24-6-2)20-17(23)21-14-9-15(25-10(3)4)12(18)8-13(14)19/h7-10H,5-6H2,1-4H3,(H2,20,21,23). The highest BCUT2D eigenvalue weighted by Crippen LogP contribution is 2.31. The zero-order chi connectivity index (χ0) is 19.0. The van der Waals surface area contributed by atoms with Crippen LogP contribution < -0.4 is 15.4 Å². The van der Waals surface area contributed by atoms with E-state index in [1.54, 1.807) is 27.7 Å². The summed E-state index contributed by atoms with van der Waals surface area (Å²) in [6, 6.07) is 1.66. The van der Waals surface area contributed by atoms with Crippen LogP contribution in [0.4, 0.5) is 14.9 Å². The first-order valence-corrected chi connectivity index (χ1v) is 8.25. The molecule has 0 heterocycles. The average molecular weight is 373 g/mol. The minimum atomic E-state index is -0.705. The molecule has 1 aromatic carbocycles. The van der Waals surface area contributed by atoms with Crippen molar-refractivity contribution >= 4 is 29.3 Å². The molecule has 0 aliphatic carbocycles. The number of hydrogen-bond acceptors (Lipinski definition) is 4. The van der Waals surface area contributed by atoms with Crippen LogP contribution >= 0.6 is 11.6 Å². The smallest absolute Gasteiger partial charge is 0.332 e. The molecule has 0 aliphatic heterocycles. The summed E-state index contributed by atoms with van der Waals surface area (Å²) < 4.78 is 24.2. The number of benzene rings is 1. The van der Waals surface area contributed by atoms with Crippen LogP contribution in [0.5, 0.6) is 5.75 Å². The second kappa shape index (κ2) is 9.88. The van der Waals surface area contributed by atoms with Crippen LogP contribution in [0.25, 0.3) is 0 Å². The number of urea groups is 1. The largest absolute Gasteiger partial charge is 0.489 e. The summed E-state index contributed by atoms with van der Waals surface area (Å²) in [5.74, 6) is -1.01. The fourth-order valence-electron chi connectivity index (χ4n) is 1.82. The van der Waals surface area contributed by atoms with Crippen molar-refractivity contribution in [2.24, 2.45) is 0 Å². The van der Waals surface area contributed by atoms with Crippen molar-refractivity contribution < 1.29 is 23.5 Å². The highest BCUT2D eigenvalue weighted by atomic mass is 35.5. The molecule has 1 rings (SSSR count). The minimum Gasteiger partial charge on any atom is -0.489 e. The number of hydrogen-bond donors (Lipinski definition) is 2. The molecule has 0 bridgehead atoms. The second-order valence-electron chi connectivity index (χ2n) is 5.28. The Morgan fingerprint density at radius 2 is 2.00 bits per heavy atom. The van der Waals surface area contributed by atoms with Gasteiger partial charge in [0.25, 0.3) is 0 Å². The van der Waals surface area contributed by atoms with Gasteiger partial charge in [0.2, 0.25) is 0 Å². The maximum atomic E-state index is 14.0. The van der Waals surface area contributed by atoms with Gasteiger partial charge in [-0.15, -0.1) is 0 Å². The molecule has 8 heteroatoms. The van der Waals surface area contributed by atoms with Crippen molar-refractivity contribution in [3.8, 4) is 5.75 Å². The molecule has 138 valence electrons. The normalized spacial score (nSPS) is 11.2. The van der Waals surface area contributed by atoms with E-state index in [4.69, 9.17) is 21.1 Å². The van der Waals surface area contributed by atoms with Gasteiger partial charge in [-0.05, 0) is 33.3 Å². The number of esters is 1. The average Bonchev–Trinajstić information content (AvgIpc) is 2.51. The lowest BCUT2D eigenvalue weighted by Crippen LogP contribution is -2.29. The van der Waals surface area contributed by atoms with Gasteiger partial charge >= 0.3 is 12.0 Å². The molecule has 0 aliphatic rings. The van der Waals surface area contributed by atoms with Gasteiger partial charge in [0.1, 0.15) is 11.6 Å². The Hall–Kier alpha value is -2.28. The van der Waals surface area contributed by atoms with Crippen molar-refractivity contribution in [2.45, 2.75) is 40.2 Å². The summed E-state index contributed by atoms with van der Waals surface area (Å²) in [5.41, 5.74) is 0.244. The number of allylic oxidation sites excluding steroid dienone is 1. The highest BCUT2D eigenvalue weighted by molar-refractivity contribution is 6.32. The highest BCUT2D eigenvalue weighted by Gasteiger charge is 2.14. The predicted octanol–water partition coefficient (Wildman–Crippen LogP) is 4.24. The van der Waals surface area contributed by atoms with Gasteiger partial charge in [0, 0.05) is 17.8 Å². The quantitative estimate of drug-likeness (QED) is 0.554. The van der Waals surface area contributed by atoms with Crippen LogP contribution in [0.15, 0.2) is 23.9 Å². The van der Waals surface area contributed by atoms with Crippen LogP contribution in [0.3, 0.4) is 0 Å². The van der Waals surface area contributed by atoms with Crippen LogP contribution in [0, 0.1) is 5.82 Å². The first-order valence-electron chi connectivity index (χ1n) is 7.87. The Morgan fingerprint density at radius 1 is 1.32 bits per heavy atom. The maximum Gasteiger partial charge on any atom is 0.332 e. The molecule has 0 atom stereocenters. The first-order chi connectivity index (χ1) is 11.8. The van der Waals surface area contributed by atoms with Crippen LogP contribution in [0.2, 0.25) is 5.02 Å².